The summed E-state index contributed by atoms with van der Waals surface area (Å²) in [5.41, 5.74) is 0.375. The van der Waals surface area contributed by atoms with Gasteiger partial charge in [-0.05, 0) is 18.6 Å². The Hall–Kier alpha value is -2.09. The SMILES string of the molecule is CCCN(CC(=O)OC)c1cccc(F)c1C#N. The Morgan fingerprint density at radius 1 is 1.56 bits per heavy atom. The summed E-state index contributed by atoms with van der Waals surface area (Å²) < 4.78 is 18.1. The highest BCUT2D eigenvalue weighted by atomic mass is 19.1. The maximum atomic E-state index is 13.5. The van der Waals surface area contributed by atoms with Crippen molar-refractivity contribution >= 4 is 11.7 Å². The molecule has 1 aromatic carbocycles. The molecule has 0 fully saturated rings. The van der Waals surface area contributed by atoms with Gasteiger partial charge in [0.2, 0.25) is 0 Å². The van der Waals surface area contributed by atoms with Crippen LogP contribution >= 0.6 is 0 Å². The van der Waals surface area contributed by atoms with E-state index in [9.17, 15) is 9.18 Å². The molecule has 96 valence electrons. The Kier molecular flexibility index (Phi) is 5.12. The van der Waals surface area contributed by atoms with Crippen molar-refractivity contribution in [3.63, 3.8) is 0 Å². The minimum Gasteiger partial charge on any atom is -0.468 e. The first-order valence-corrected chi connectivity index (χ1v) is 5.64. The highest BCUT2D eigenvalue weighted by Crippen LogP contribution is 2.22. The van der Waals surface area contributed by atoms with Crippen molar-refractivity contribution in [3.05, 3.63) is 29.6 Å². The Bertz CT molecular complexity index is 469. The number of benzene rings is 1. The molecule has 0 bridgehead atoms. The summed E-state index contributed by atoms with van der Waals surface area (Å²) in [7, 11) is 1.29. The van der Waals surface area contributed by atoms with Gasteiger partial charge in [0.25, 0.3) is 0 Å². The van der Waals surface area contributed by atoms with Gasteiger partial charge in [-0.1, -0.05) is 13.0 Å². The van der Waals surface area contributed by atoms with Crippen LogP contribution in [0.25, 0.3) is 0 Å². The number of carbonyl (C=O) groups excluding carboxylic acids is 1. The van der Waals surface area contributed by atoms with Gasteiger partial charge in [0, 0.05) is 6.54 Å². The van der Waals surface area contributed by atoms with Gasteiger partial charge in [-0.2, -0.15) is 5.26 Å². The monoisotopic (exact) mass is 250 g/mol. The maximum absolute atomic E-state index is 13.5. The van der Waals surface area contributed by atoms with E-state index in [1.165, 1.54) is 19.2 Å². The van der Waals surface area contributed by atoms with Crippen LogP contribution in [0.3, 0.4) is 0 Å². The number of ether oxygens (including phenoxy) is 1. The van der Waals surface area contributed by atoms with Crippen molar-refractivity contribution in [1.82, 2.24) is 0 Å². The molecule has 1 rings (SSSR count). The topological polar surface area (TPSA) is 53.3 Å². The Balaban J connectivity index is 3.09. The number of methoxy groups -OCH3 is 1. The number of anilines is 1. The zero-order valence-corrected chi connectivity index (χ0v) is 10.4. The predicted octanol–water partition coefficient (Wildman–Crippen LogP) is 2.09. The third-order valence-electron chi connectivity index (χ3n) is 2.49. The molecule has 0 amide bonds. The largest absolute Gasteiger partial charge is 0.468 e. The summed E-state index contributed by atoms with van der Waals surface area (Å²) in [5, 5.41) is 8.97. The van der Waals surface area contributed by atoms with Crippen LogP contribution in [0.5, 0.6) is 0 Å². The second kappa shape index (κ2) is 6.60. The number of nitriles is 1. The normalized spacial score (nSPS) is 9.67. The fourth-order valence-electron chi connectivity index (χ4n) is 1.66. The first-order valence-electron chi connectivity index (χ1n) is 5.64. The molecule has 1 aromatic rings. The third kappa shape index (κ3) is 3.20. The Labute approximate surface area is 106 Å². The highest BCUT2D eigenvalue weighted by molar-refractivity contribution is 5.76. The van der Waals surface area contributed by atoms with Crippen LogP contribution in [0.2, 0.25) is 0 Å². The smallest absolute Gasteiger partial charge is 0.325 e. The zero-order valence-electron chi connectivity index (χ0n) is 10.4. The van der Waals surface area contributed by atoms with E-state index in [-0.39, 0.29) is 12.1 Å². The molecular weight excluding hydrogens is 235 g/mol. The molecule has 5 heteroatoms. The molecule has 0 atom stereocenters. The Morgan fingerprint density at radius 3 is 2.83 bits per heavy atom. The van der Waals surface area contributed by atoms with Gasteiger partial charge in [0.15, 0.2) is 0 Å². The van der Waals surface area contributed by atoms with Crippen LogP contribution in [0.15, 0.2) is 18.2 Å². The van der Waals surface area contributed by atoms with E-state index in [2.05, 4.69) is 4.74 Å². The lowest BCUT2D eigenvalue weighted by Crippen LogP contribution is -2.32. The standard InChI is InChI=1S/C13H15FN2O2/c1-3-7-16(9-13(17)18-2)12-6-4-5-11(14)10(12)8-15/h4-6H,3,7,9H2,1-2H3. The van der Waals surface area contributed by atoms with Crippen LogP contribution in [-0.4, -0.2) is 26.2 Å². The van der Waals surface area contributed by atoms with E-state index in [1.54, 1.807) is 11.0 Å². The van der Waals surface area contributed by atoms with Gasteiger partial charge in [0.05, 0.1) is 12.8 Å². The molecular formula is C13H15FN2O2. The molecule has 0 saturated carbocycles. The summed E-state index contributed by atoms with van der Waals surface area (Å²) in [4.78, 5) is 13.0. The van der Waals surface area contributed by atoms with E-state index >= 15 is 0 Å². The second-order valence-corrected chi connectivity index (χ2v) is 3.74. The number of carbonyl (C=O) groups is 1. The third-order valence-corrected chi connectivity index (χ3v) is 2.49. The van der Waals surface area contributed by atoms with E-state index in [4.69, 9.17) is 5.26 Å². The zero-order chi connectivity index (χ0) is 13.5. The van der Waals surface area contributed by atoms with Gasteiger partial charge in [-0.15, -0.1) is 0 Å². The molecule has 0 aliphatic rings. The van der Waals surface area contributed by atoms with Crippen LogP contribution in [0, 0.1) is 17.1 Å². The summed E-state index contributed by atoms with van der Waals surface area (Å²) in [6, 6.07) is 6.20. The van der Waals surface area contributed by atoms with Gasteiger partial charge in [0.1, 0.15) is 24.0 Å². The molecule has 0 saturated heterocycles. The number of hydrogen-bond acceptors (Lipinski definition) is 4. The average molecular weight is 250 g/mol. The molecule has 0 radical (unpaired) electrons. The van der Waals surface area contributed by atoms with Crippen LogP contribution in [-0.2, 0) is 9.53 Å². The maximum Gasteiger partial charge on any atom is 0.325 e. The number of esters is 1. The number of rotatable bonds is 5. The molecule has 0 aromatic heterocycles. The molecule has 0 spiro atoms. The summed E-state index contributed by atoms with van der Waals surface area (Å²) in [6.45, 7) is 2.49. The molecule has 18 heavy (non-hydrogen) atoms. The second-order valence-electron chi connectivity index (χ2n) is 3.74. The minimum absolute atomic E-state index is 0.00245. The van der Waals surface area contributed by atoms with E-state index in [1.807, 2.05) is 13.0 Å². The first kappa shape index (κ1) is 14.0. The fraction of sp³-hybridized carbons (Fsp3) is 0.385. The van der Waals surface area contributed by atoms with Crippen LogP contribution in [0.1, 0.15) is 18.9 Å². The molecule has 0 N–H and O–H groups in total. The van der Waals surface area contributed by atoms with E-state index < -0.39 is 11.8 Å². The quantitative estimate of drug-likeness (QED) is 0.751. The number of halogens is 1. The highest BCUT2D eigenvalue weighted by Gasteiger charge is 2.16. The van der Waals surface area contributed by atoms with Gasteiger partial charge >= 0.3 is 5.97 Å². The lowest BCUT2D eigenvalue weighted by molar-refractivity contribution is -0.138. The predicted molar refractivity (Wildman–Crippen MR) is 65.6 cm³/mol. The average Bonchev–Trinajstić information content (AvgIpc) is 2.37. The van der Waals surface area contributed by atoms with Crippen molar-refractivity contribution < 1.29 is 13.9 Å². The van der Waals surface area contributed by atoms with Crippen molar-refractivity contribution in [1.29, 1.82) is 5.26 Å². The van der Waals surface area contributed by atoms with Crippen molar-refractivity contribution in [2.24, 2.45) is 0 Å². The number of hydrogen-bond donors (Lipinski definition) is 0. The van der Waals surface area contributed by atoms with E-state index in [0.29, 0.717) is 12.2 Å². The summed E-state index contributed by atoms with van der Waals surface area (Å²) in [6.07, 6.45) is 0.776. The fourth-order valence-corrected chi connectivity index (χ4v) is 1.66. The number of nitrogens with zero attached hydrogens (tertiary/aromatic N) is 2. The van der Waals surface area contributed by atoms with Crippen LogP contribution in [0.4, 0.5) is 10.1 Å². The molecule has 0 heterocycles. The minimum atomic E-state index is -0.582. The Morgan fingerprint density at radius 2 is 2.28 bits per heavy atom. The van der Waals surface area contributed by atoms with E-state index in [0.717, 1.165) is 6.42 Å². The lowest BCUT2D eigenvalue weighted by Gasteiger charge is -2.23. The van der Waals surface area contributed by atoms with Crippen LogP contribution < -0.4 is 4.90 Å². The molecule has 4 nitrogen and oxygen atoms in total. The van der Waals surface area contributed by atoms with Crippen molar-refractivity contribution in [3.8, 4) is 6.07 Å². The summed E-state index contributed by atoms with van der Waals surface area (Å²) >= 11 is 0. The lowest BCUT2D eigenvalue weighted by atomic mass is 10.1. The summed E-state index contributed by atoms with van der Waals surface area (Å²) in [5.74, 6) is -1.00. The van der Waals surface area contributed by atoms with Gasteiger partial charge in [-0.25, -0.2) is 4.39 Å². The molecule has 0 unspecified atom stereocenters. The molecule has 0 aliphatic carbocycles. The molecule has 0 aliphatic heterocycles. The van der Waals surface area contributed by atoms with Gasteiger partial charge < -0.3 is 9.64 Å². The van der Waals surface area contributed by atoms with Crippen molar-refractivity contribution in [2.75, 3.05) is 25.1 Å². The first-order chi connectivity index (χ1) is 8.63. The van der Waals surface area contributed by atoms with Crippen molar-refractivity contribution in [2.45, 2.75) is 13.3 Å². The van der Waals surface area contributed by atoms with Gasteiger partial charge in [-0.3, -0.25) is 4.79 Å².